The van der Waals surface area contributed by atoms with E-state index in [0.717, 1.165) is 0 Å². The highest BCUT2D eigenvalue weighted by atomic mass is 16.6. The number of ether oxygens (including phenoxy) is 2. The largest absolute Gasteiger partial charge is 0.493 e. The van der Waals surface area contributed by atoms with Gasteiger partial charge in [0.1, 0.15) is 16.9 Å². The lowest BCUT2D eigenvalue weighted by Crippen LogP contribution is -2.24. The van der Waals surface area contributed by atoms with E-state index < -0.39 is 17.5 Å². The van der Waals surface area contributed by atoms with E-state index in [4.69, 9.17) is 14.6 Å². The Hall–Kier alpha value is -2.04. The maximum absolute atomic E-state index is 11.8. The quantitative estimate of drug-likeness (QED) is 0.848. The Balaban J connectivity index is 3.08. The first-order valence-corrected chi connectivity index (χ1v) is 5.98. The molecule has 0 amide bonds. The highest BCUT2D eigenvalue weighted by Crippen LogP contribution is 2.22. The van der Waals surface area contributed by atoms with Crippen molar-refractivity contribution in [2.45, 2.75) is 33.3 Å². The van der Waals surface area contributed by atoms with Gasteiger partial charge in [-0.25, -0.2) is 9.59 Å². The monoisotopic (exact) mass is 266 g/mol. The van der Waals surface area contributed by atoms with Crippen LogP contribution in [0.3, 0.4) is 0 Å². The van der Waals surface area contributed by atoms with Gasteiger partial charge < -0.3 is 14.6 Å². The molecule has 0 unspecified atom stereocenters. The number of esters is 1. The molecule has 1 aromatic rings. The van der Waals surface area contributed by atoms with Crippen molar-refractivity contribution >= 4 is 11.9 Å². The molecule has 5 heteroatoms. The van der Waals surface area contributed by atoms with E-state index >= 15 is 0 Å². The first-order valence-electron chi connectivity index (χ1n) is 5.98. The maximum atomic E-state index is 11.8. The molecule has 104 valence electrons. The van der Waals surface area contributed by atoms with Gasteiger partial charge in [-0.1, -0.05) is 0 Å². The molecule has 0 aliphatic carbocycles. The summed E-state index contributed by atoms with van der Waals surface area (Å²) < 4.78 is 10.4. The van der Waals surface area contributed by atoms with Gasteiger partial charge in [0.25, 0.3) is 0 Å². The number of benzene rings is 1. The minimum atomic E-state index is -1.14. The Kier molecular flexibility index (Phi) is 4.53. The van der Waals surface area contributed by atoms with Crippen molar-refractivity contribution < 1.29 is 24.2 Å². The lowest BCUT2D eigenvalue weighted by atomic mass is 10.1. The van der Waals surface area contributed by atoms with E-state index in [-0.39, 0.29) is 16.9 Å². The first-order chi connectivity index (χ1) is 8.74. The second-order valence-corrected chi connectivity index (χ2v) is 4.95. The van der Waals surface area contributed by atoms with Crippen LogP contribution in [0.4, 0.5) is 0 Å². The topological polar surface area (TPSA) is 72.8 Å². The van der Waals surface area contributed by atoms with Crippen molar-refractivity contribution in [3.63, 3.8) is 0 Å². The fourth-order valence-corrected chi connectivity index (χ4v) is 1.44. The molecule has 0 spiro atoms. The van der Waals surface area contributed by atoms with Crippen LogP contribution >= 0.6 is 0 Å². The molecule has 19 heavy (non-hydrogen) atoms. The average Bonchev–Trinajstić information content (AvgIpc) is 2.27. The molecule has 5 nitrogen and oxygen atoms in total. The number of hydrogen-bond donors (Lipinski definition) is 1. The molecule has 1 N–H and O–H groups in total. The minimum absolute atomic E-state index is 0.0507. The number of carbonyl (C=O) groups excluding carboxylic acids is 1. The Bertz CT molecular complexity index is 485. The van der Waals surface area contributed by atoms with E-state index in [2.05, 4.69) is 0 Å². The zero-order chi connectivity index (χ0) is 14.6. The van der Waals surface area contributed by atoms with E-state index in [1.54, 1.807) is 27.7 Å². The molecule has 0 saturated carbocycles. The van der Waals surface area contributed by atoms with Crippen molar-refractivity contribution in [1.29, 1.82) is 0 Å². The highest BCUT2D eigenvalue weighted by molar-refractivity contribution is 5.96. The van der Waals surface area contributed by atoms with E-state index in [1.807, 2.05) is 0 Å². The average molecular weight is 266 g/mol. The zero-order valence-electron chi connectivity index (χ0n) is 11.5. The maximum Gasteiger partial charge on any atom is 0.339 e. The van der Waals surface area contributed by atoms with Crippen LogP contribution in [-0.2, 0) is 4.74 Å². The third-order valence-electron chi connectivity index (χ3n) is 2.14. The van der Waals surface area contributed by atoms with Crippen LogP contribution in [0, 0.1) is 0 Å². The zero-order valence-corrected chi connectivity index (χ0v) is 11.5. The van der Waals surface area contributed by atoms with E-state index in [0.29, 0.717) is 6.61 Å². The summed E-state index contributed by atoms with van der Waals surface area (Å²) in [4.78, 5) is 23.0. The third kappa shape index (κ3) is 4.28. The molecule has 0 atom stereocenters. The van der Waals surface area contributed by atoms with Crippen LogP contribution in [0.1, 0.15) is 48.4 Å². The Morgan fingerprint density at radius 2 is 1.89 bits per heavy atom. The first kappa shape index (κ1) is 15.0. The summed E-state index contributed by atoms with van der Waals surface area (Å²) in [6.45, 7) is 7.35. The number of carbonyl (C=O) groups is 2. The molecule has 1 rings (SSSR count). The summed E-state index contributed by atoms with van der Waals surface area (Å²) >= 11 is 0. The van der Waals surface area contributed by atoms with E-state index in [9.17, 15) is 9.59 Å². The van der Waals surface area contributed by atoms with Crippen LogP contribution in [-0.4, -0.2) is 29.3 Å². The lowest BCUT2D eigenvalue weighted by Gasteiger charge is -2.19. The number of carboxylic acid groups (broad SMARTS) is 1. The Morgan fingerprint density at radius 1 is 1.26 bits per heavy atom. The van der Waals surface area contributed by atoms with Gasteiger partial charge in [0.05, 0.1) is 12.2 Å². The molecule has 0 bridgehead atoms. The number of aromatic carboxylic acids is 1. The Labute approximate surface area is 112 Å². The van der Waals surface area contributed by atoms with Gasteiger partial charge in [-0.3, -0.25) is 0 Å². The van der Waals surface area contributed by atoms with Crippen molar-refractivity contribution in [1.82, 2.24) is 0 Å². The normalized spacial score (nSPS) is 10.9. The van der Waals surface area contributed by atoms with Crippen molar-refractivity contribution in [3.8, 4) is 5.75 Å². The van der Waals surface area contributed by atoms with Crippen molar-refractivity contribution in [2.24, 2.45) is 0 Å². The summed E-state index contributed by atoms with van der Waals surface area (Å²) in [7, 11) is 0. The minimum Gasteiger partial charge on any atom is -0.493 e. The molecule has 0 saturated heterocycles. The van der Waals surface area contributed by atoms with Gasteiger partial charge >= 0.3 is 11.9 Å². The van der Waals surface area contributed by atoms with Gasteiger partial charge in [0.15, 0.2) is 0 Å². The third-order valence-corrected chi connectivity index (χ3v) is 2.14. The van der Waals surface area contributed by atoms with Gasteiger partial charge in [-0.15, -0.1) is 0 Å². The van der Waals surface area contributed by atoms with Gasteiger partial charge in [-0.2, -0.15) is 0 Å². The fourth-order valence-electron chi connectivity index (χ4n) is 1.44. The van der Waals surface area contributed by atoms with Crippen molar-refractivity contribution in [2.75, 3.05) is 6.61 Å². The van der Waals surface area contributed by atoms with Gasteiger partial charge in [-0.05, 0) is 45.9 Å². The van der Waals surface area contributed by atoms with E-state index in [1.165, 1.54) is 18.2 Å². The molecule has 1 aromatic carbocycles. The molecule has 0 heterocycles. The molecular formula is C14H18O5. The lowest BCUT2D eigenvalue weighted by molar-refractivity contribution is 0.00695. The second-order valence-electron chi connectivity index (χ2n) is 4.95. The van der Waals surface area contributed by atoms with Crippen LogP contribution in [0.5, 0.6) is 5.75 Å². The number of hydrogen-bond acceptors (Lipinski definition) is 4. The molecule has 0 radical (unpaired) electrons. The highest BCUT2D eigenvalue weighted by Gasteiger charge is 2.20. The molecule has 0 fully saturated rings. The second kappa shape index (κ2) is 5.73. The molecule has 0 aliphatic rings. The smallest absolute Gasteiger partial charge is 0.339 e. The van der Waals surface area contributed by atoms with Crippen molar-refractivity contribution in [3.05, 3.63) is 29.3 Å². The standard InChI is InChI=1S/C14H18O5/c1-5-18-11-7-6-9(8-10(11)12(15)16)13(17)19-14(2,3)4/h6-8H,5H2,1-4H3,(H,15,16). The molecular weight excluding hydrogens is 248 g/mol. The van der Waals surface area contributed by atoms with Gasteiger partial charge in [0, 0.05) is 0 Å². The summed E-state index contributed by atoms with van der Waals surface area (Å²) in [5.41, 5.74) is -0.486. The number of carboxylic acids is 1. The fraction of sp³-hybridized carbons (Fsp3) is 0.429. The molecule has 0 aliphatic heterocycles. The number of rotatable bonds is 4. The Morgan fingerprint density at radius 3 is 2.37 bits per heavy atom. The van der Waals surface area contributed by atoms with Gasteiger partial charge in [0.2, 0.25) is 0 Å². The van der Waals surface area contributed by atoms with Crippen LogP contribution < -0.4 is 4.74 Å². The van der Waals surface area contributed by atoms with Crippen LogP contribution in [0.15, 0.2) is 18.2 Å². The van der Waals surface area contributed by atoms with Crippen LogP contribution in [0.25, 0.3) is 0 Å². The summed E-state index contributed by atoms with van der Waals surface area (Å²) in [5.74, 6) is -1.46. The summed E-state index contributed by atoms with van der Waals surface area (Å²) in [6, 6.07) is 4.22. The molecule has 0 aromatic heterocycles. The predicted octanol–water partition coefficient (Wildman–Crippen LogP) is 2.74. The SMILES string of the molecule is CCOc1ccc(C(=O)OC(C)(C)C)cc1C(=O)O. The summed E-state index contributed by atoms with van der Waals surface area (Å²) in [6.07, 6.45) is 0. The summed E-state index contributed by atoms with van der Waals surface area (Å²) in [5, 5.41) is 9.10. The van der Waals surface area contributed by atoms with Crippen LogP contribution in [0.2, 0.25) is 0 Å². The predicted molar refractivity (Wildman–Crippen MR) is 69.7 cm³/mol.